The standard InChI is InChI=1S/C36H31N3O6S/c1-5-44-35(41)31-32(24-9-7-6-8-10-24)37-36-38(33(31)25-15-13-23(14-16-25)21(2)3)34(40)30(46-36)20-27-17-18-29(45-27)26-12-11-22(4)28(19-26)39(42)43/h6-21,33H,5H2,1-4H3/b30-20-/t33-/m0/s1. The average molecular weight is 634 g/mol. The second-order valence-electron chi connectivity index (χ2n) is 11.2. The molecule has 1 aliphatic rings. The molecule has 0 amide bonds. The lowest BCUT2D eigenvalue weighted by molar-refractivity contribution is -0.385. The molecule has 0 fully saturated rings. The molecule has 3 aromatic carbocycles. The Labute approximate surface area is 268 Å². The van der Waals surface area contributed by atoms with Gasteiger partial charge in [-0.05, 0) is 43.0 Å². The molecule has 0 aliphatic carbocycles. The van der Waals surface area contributed by atoms with E-state index in [9.17, 15) is 19.7 Å². The number of esters is 1. The lowest BCUT2D eigenvalue weighted by atomic mass is 9.91. The van der Waals surface area contributed by atoms with Crippen LogP contribution in [0.1, 0.15) is 60.7 Å². The maximum atomic E-state index is 14.2. The van der Waals surface area contributed by atoms with Crippen LogP contribution in [0, 0.1) is 17.0 Å². The molecular formula is C36H31N3O6S. The second kappa shape index (κ2) is 12.6. The largest absolute Gasteiger partial charge is 0.463 e. The third-order valence-corrected chi connectivity index (χ3v) is 8.87. The lowest BCUT2D eigenvalue weighted by Gasteiger charge is -2.26. The summed E-state index contributed by atoms with van der Waals surface area (Å²) in [5, 5.41) is 11.5. The molecule has 0 unspecified atom stereocenters. The van der Waals surface area contributed by atoms with Crippen molar-refractivity contribution in [2.24, 2.45) is 4.99 Å². The highest BCUT2D eigenvalue weighted by Gasteiger charge is 2.35. The SMILES string of the molecule is CCOC(=O)C1=C(c2ccccc2)N=c2s/c(=C\c3ccc(-c4ccc(C)c([N+](=O)[O-])c4)o3)c(=O)n2[C@H]1c1ccc(C(C)C)cc1. The minimum Gasteiger partial charge on any atom is -0.463 e. The monoisotopic (exact) mass is 633 g/mol. The number of carbonyl (C=O) groups is 1. The highest BCUT2D eigenvalue weighted by atomic mass is 32.1. The fraction of sp³-hybridized carbons (Fsp3) is 0.194. The number of aromatic nitrogens is 1. The first-order valence-corrected chi connectivity index (χ1v) is 15.7. The van der Waals surface area contributed by atoms with Crippen LogP contribution in [-0.4, -0.2) is 22.1 Å². The van der Waals surface area contributed by atoms with Crippen molar-refractivity contribution in [2.45, 2.75) is 39.7 Å². The van der Waals surface area contributed by atoms with E-state index in [1.807, 2.05) is 54.6 Å². The van der Waals surface area contributed by atoms with Crippen molar-refractivity contribution in [3.8, 4) is 11.3 Å². The van der Waals surface area contributed by atoms with Crippen LogP contribution in [0.15, 0.2) is 105 Å². The summed E-state index contributed by atoms with van der Waals surface area (Å²) in [6.07, 6.45) is 1.63. The normalized spacial score (nSPS) is 14.7. The van der Waals surface area contributed by atoms with Gasteiger partial charge >= 0.3 is 5.97 Å². The second-order valence-corrected chi connectivity index (χ2v) is 12.2. The molecule has 0 saturated carbocycles. The first-order valence-electron chi connectivity index (χ1n) is 14.9. The summed E-state index contributed by atoms with van der Waals surface area (Å²) in [4.78, 5) is 44.2. The third-order valence-electron chi connectivity index (χ3n) is 7.88. The number of fused-ring (bicyclic) bond motifs is 1. The van der Waals surface area contributed by atoms with Crippen LogP contribution in [0.5, 0.6) is 0 Å². The fourth-order valence-electron chi connectivity index (χ4n) is 5.49. The zero-order valence-electron chi connectivity index (χ0n) is 25.7. The maximum absolute atomic E-state index is 14.2. The van der Waals surface area contributed by atoms with E-state index in [1.165, 1.54) is 17.4 Å². The van der Waals surface area contributed by atoms with Gasteiger partial charge in [0, 0.05) is 28.8 Å². The number of rotatable bonds is 8. The van der Waals surface area contributed by atoms with E-state index in [4.69, 9.17) is 14.1 Å². The van der Waals surface area contributed by atoms with E-state index in [0.717, 1.165) is 16.7 Å². The van der Waals surface area contributed by atoms with Gasteiger partial charge < -0.3 is 9.15 Å². The minimum absolute atomic E-state index is 0.00295. The van der Waals surface area contributed by atoms with Crippen molar-refractivity contribution in [3.63, 3.8) is 0 Å². The van der Waals surface area contributed by atoms with Gasteiger partial charge in [0.2, 0.25) is 0 Å². The van der Waals surface area contributed by atoms with Crippen LogP contribution in [0.3, 0.4) is 0 Å². The van der Waals surface area contributed by atoms with Crippen LogP contribution in [0.4, 0.5) is 5.69 Å². The van der Waals surface area contributed by atoms with Gasteiger partial charge in [0.15, 0.2) is 4.80 Å². The average Bonchev–Trinajstić information content (AvgIpc) is 3.64. The molecular weight excluding hydrogens is 602 g/mol. The van der Waals surface area contributed by atoms with Crippen LogP contribution >= 0.6 is 11.3 Å². The Morgan fingerprint density at radius 2 is 1.80 bits per heavy atom. The number of thiazole rings is 1. The van der Waals surface area contributed by atoms with E-state index >= 15 is 0 Å². The number of aryl methyl sites for hydroxylation is 1. The molecule has 232 valence electrons. The number of carbonyl (C=O) groups excluding carboxylic acids is 1. The first-order chi connectivity index (χ1) is 22.2. The summed E-state index contributed by atoms with van der Waals surface area (Å²) in [5.41, 5.74) is 4.11. The van der Waals surface area contributed by atoms with Crippen molar-refractivity contribution in [1.29, 1.82) is 0 Å². The van der Waals surface area contributed by atoms with Gasteiger partial charge in [-0.1, -0.05) is 91.9 Å². The van der Waals surface area contributed by atoms with Gasteiger partial charge in [0.1, 0.15) is 11.5 Å². The van der Waals surface area contributed by atoms with E-state index in [-0.39, 0.29) is 23.4 Å². The van der Waals surface area contributed by atoms with E-state index < -0.39 is 16.9 Å². The van der Waals surface area contributed by atoms with Gasteiger partial charge in [-0.15, -0.1) is 0 Å². The Hall–Kier alpha value is -5.35. The highest BCUT2D eigenvalue weighted by molar-refractivity contribution is 7.07. The molecule has 46 heavy (non-hydrogen) atoms. The molecule has 0 N–H and O–H groups in total. The number of nitro groups is 1. The van der Waals surface area contributed by atoms with Gasteiger partial charge in [0.25, 0.3) is 11.2 Å². The molecule has 1 aliphatic heterocycles. The number of furan rings is 1. The molecule has 6 rings (SSSR count). The third kappa shape index (κ3) is 5.75. The maximum Gasteiger partial charge on any atom is 0.338 e. The summed E-state index contributed by atoms with van der Waals surface area (Å²) in [6.45, 7) is 7.80. The summed E-state index contributed by atoms with van der Waals surface area (Å²) in [6, 6.07) is 24.9. The summed E-state index contributed by atoms with van der Waals surface area (Å²) >= 11 is 1.19. The Kier molecular flexibility index (Phi) is 8.38. The molecule has 10 heteroatoms. The molecule has 9 nitrogen and oxygen atoms in total. The zero-order valence-corrected chi connectivity index (χ0v) is 26.5. The molecule has 0 radical (unpaired) electrons. The zero-order chi connectivity index (χ0) is 32.5. The topological polar surface area (TPSA) is 117 Å². The molecule has 0 spiro atoms. The minimum atomic E-state index is -0.783. The van der Waals surface area contributed by atoms with Gasteiger partial charge in [0.05, 0.1) is 33.4 Å². The van der Waals surface area contributed by atoms with Crippen molar-refractivity contribution >= 4 is 34.8 Å². The van der Waals surface area contributed by atoms with Crippen molar-refractivity contribution in [1.82, 2.24) is 4.57 Å². The fourth-order valence-corrected chi connectivity index (χ4v) is 6.47. The van der Waals surface area contributed by atoms with Crippen molar-refractivity contribution < 1.29 is 18.9 Å². The predicted octanol–water partition coefficient (Wildman–Crippen LogP) is 6.54. The molecule has 5 aromatic rings. The number of nitrogens with zero attached hydrogens (tertiary/aromatic N) is 3. The van der Waals surface area contributed by atoms with Gasteiger partial charge in [-0.2, -0.15) is 0 Å². The van der Waals surface area contributed by atoms with Crippen LogP contribution in [0.2, 0.25) is 0 Å². The van der Waals surface area contributed by atoms with E-state index in [1.54, 1.807) is 48.8 Å². The van der Waals surface area contributed by atoms with Crippen LogP contribution in [0.25, 0.3) is 23.1 Å². The number of hydrogen-bond acceptors (Lipinski definition) is 8. The first kappa shape index (κ1) is 30.7. The molecule has 0 saturated heterocycles. The Balaban J connectivity index is 1.53. The van der Waals surface area contributed by atoms with Gasteiger partial charge in [-0.25, -0.2) is 9.79 Å². The predicted molar refractivity (Wildman–Crippen MR) is 177 cm³/mol. The Morgan fingerprint density at radius 1 is 1.07 bits per heavy atom. The molecule has 2 aromatic heterocycles. The van der Waals surface area contributed by atoms with E-state index in [2.05, 4.69) is 13.8 Å². The number of ether oxygens (including phenoxy) is 1. The summed E-state index contributed by atoms with van der Waals surface area (Å²) < 4.78 is 13.5. The summed E-state index contributed by atoms with van der Waals surface area (Å²) in [5.74, 6) is 0.593. The van der Waals surface area contributed by atoms with Gasteiger partial charge in [-0.3, -0.25) is 19.5 Å². The number of nitro benzene ring substituents is 1. The molecule has 1 atom stereocenters. The smallest absolute Gasteiger partial charge is 0.338 e. The quantitative estimate of drug-likeness (QED) is 0.109. The summed E-state index contributed by atoms with van der Waals surface area (Å²) in [7, 11) is 0. The number of benzene rings is 3. The Morgan fingerprint density at radius 3 is 2.48 bits per heavy atom. The van der Waals surface area contributed by atoms with Crippen molar-refractivity contribution in [2.75, 3.05) is 6.61 Å². The van der Waals surface area contributed by atoms with Crippen LogP contribution < -0.4 is 14.9 Å². The van der Waals surface area contributed by atoms with Crippen molar-refractivity contribution in [3.05, 3.63) is 148 Å². The highest BCUT2D eigenvalue weighted by Crippen LogP contribution is 2.36. The molecule has 0 bridgehead atoms. The Bertz CT molecular complexity index is 2170. The molecule has 3 heterocycles. The van der Waals surface area contributed by atoms with Crippen LogP contribution in [-0.2, 0) is 9.53 Å². The number of hydrogen-bond donors (Lipinski definition) is 0. The lowest BCUT2D eigenvalue weighted by Crippen LogP contribution is -2.40. The van der Waals surface area contributed by atoms with E-state index in [0.29, 0.717) is 43.6 Å².